The van der Waals surface area contributed by atoms with Crippen molar-refractivity contribution in [3.05, 3.63) is 58.7 Å². The van der Waals surface area contributed by atoms with Crippen LogP contribution in [0.2, 0.25) is 0 Å². The Hall–Kier alpha value is -1.63. The minimum absolute atomic E-state index is 0.0812. The summed E-state index contributed by atoms with van der Waals surface area (Å²) in [6, 6.07) is 0. The molecule has 1 aliphatic carbocycles. The van der Waals surface area contributed by atoms with E-state index in [4.69, 9.17) is 4.11 Å². The molecule has 0 radical (unpaired) electrons. The van der Waals surface area contributed by atoms with Crippen LogP contribution in [0.15, 0.2) is 58.7 Å². The molecule has 0 bridgehead atoms. The van der Waals surface area contributed by atoms with Crippen molar-refractivity contribution in [2.45, 2.75) is 53.8 Å². The summed E-state index contributed by atoms with van der Waals surface area (Å²) in [7, 11) is 0. The Kier molecular flexibility index (Phi) is 4.96. The summed E-state index contributed by atoms with van der Waals surface area (Å²) < 4.78 is 23.1. The first-order valence-electron chi connectivity index (χ1n) is 8.97. The van der Waals surface area contributed by atoms with Crippen molar-refractivity contribution < 1.29 is 8.91 Å². The van der Waals surface area contributed by atoms with Crippen LogP contribution in [0.1, 0.15) is 57.9 Å². The van der Waals surface area contributed by atoms with Gasteiger partial charge in [-0.1, -0.05) is 55.4 Å². The smallest absolute Gasteiger partial charge is 0.143 e. The standard InChI is InChI=1S/C20H28O/c1-16(8-6-9-17(2)13-15-21)11-12-19-18(3)10-7-14-20(19,4)5/h6,8-9,11-13,15H,7,10,14H2,1-5H3/b9-6+,12-11+,16-8+,17-13-/i1D3. The van der Waals surface area contributed by atoms with Crippen molar-refractivity contribution in [2.75, 3.05) is 0 Å². The van der Waals surface area contributed by atoms with Crippen molar-refractivity contribution in [2.24, 2.45) is 5.41 Å². The number of aldehydes is 1. The summed E-state index contributed by atoms with van der Waals surface area (Å²) in [4.78, 5) is 10.4. The maximum atomic E-state index is 10.4. The molecule has 21 heavy (non-hydrogen) atoms. The minimum atomic E-state index is -2.17. The molecule has 1 nitrogen and oxygen atoms in total. The van der Waals surface area contributed by atoms with Gasteiger partial charge in [-0.15, -0.1) is 0 Å². The van der Waals surface area contributed by atoms with E-state index < -0.39 is 6.85 Å². The molecule has 0 saturated carbocycles. The summed E-state index contributed by atoms with van der Waals surface area (Å²) in [6.45, 7) is 6.18. The lowest BCUT2D eigenvalue weighted by Gasteiger charge is -2.32. The fourth-order valence-corrected chi connectivity index (χ4v) is 2.71. The molecule has 1 rings (SSSR count). The van der Waals surface area contributed by atoms with E-state index in [0.717, 1.165) is 18.4 Å². The molecule has 0 heterocycles. The maximum absolute atomic E-state index is 10.4. The summed E-state index contributed by atoms with van der Waals surface area (Å²) in [5.41, 5.74) is 3.73. The highest BCUT2D eigenvalue weighted by molar-refractivity contribution is 5.66. The zero-order valence-corrected chi connectivity index (χ0v) is 13.6. The van der Waals surface area contributed by atoms with Crippen molar-refractivity contribution in [1.82, 2.24) is 0 Å². The normalized spacial score (nSPS) is 23.3. The molecular weight excluding hydrogens is 256 g/mol. The molecule has 0 aromatic heterocycles. The molecule has 0 amide bonds. The van der Waals surface area contributed by atoms with Gasteiger partial charge in [-0.3, -0.25) is 4.79 Å². The van der Waals surface area contributed by atoms with Gasteiger partial charge < -0.3 is 0 Å². The molecule has 0 spiro atoms. The van der Waals surface area contributed by atoms with E-state index in [-0.39, 0.29) is 5.41 Å². The number of carbonyl (C=O) groups excluding carboxylic acids is 1. The minimum Gasteiger partial charge on any atom is -0.299 e. The van der Waals surface area contributed by atoms with E-state index in [1.807, 2.05) is 6.08 Å². The van der Waals surface area contributed by atoms with Gasteiger partial charge in [-0.25, -0.2) is 0 Å². The van der Waals surface area contributed by atoms with Crippen LogP contribution in [0.5, 0.6) is 0 Å². The van der Waals surface area contributed by atoms with Gasteiger partial charge in [0.15, 0.2) is 0 Å². The van der Waals surface area contributed by atoms with Gasteiger partial charge in [0.1, 0.15) is 6.29 Å². The zero-order valence-electron chi connectivity index (χ0n) is 16.6. The predicted molar refractivity (Wildman–Crippen MR) is 92.2 cm³/mol. The predicted octanol–water partition coefficient (Wildman–Crippen LogP) is 5.72. The average molecular weight is 287 g/mol. The largest absolute Gasteiger partial charge is 0.299 e. The van der Waals surface area contributed by atoms with Crippen molar-refractivity contribution in [3.63, 3.8) is 0 Å². The highest BCUT2D eigenvalue weighted by atomic mass is 16.1. The fourth-order valence-electron chi connectivity index (χ4n) is 2.71. The van der Waals surface area contributed by atoms with E-state index >= 15 is 0 Å². The molecule has 0 aliphatic heterocycles. The Bertz CT molecular complexity index is 611. The summed E-state index contributed by atoms with van der Waals surface area (Å²) in [6.07, 6.45) is 14.2. The highest BCUT2D eigenvalue weighted by Gasteiger charge is 2.26. The molecule has 0 saturated heterocycles. The topological polar surface area (TPSA) is 17.1 Å². The van der Waals surface area contributed by atoms with Crippen LogP contribution in [-0.4, -0.2) is 6.29 Å². The zero-order chi connectivity index (χ0) is 18.4. The number of hydrogen-bond acceptors (Lipinski definition) is 1. The lowest BCUT2D eigenvalue weighted by Crippen LogP contribution is -2.19. The van der Waals surface area contributed by atoms with Crippen molar-refractivity contribution in [1.29, 1.82) is 0 Å². The summed E-state index contributed by atoms with van der Waals surface area (Å²) >= 11 is 0. The van der Waals surface area contributed by atoms with E-state index in [1.54, 1.807) is 31.2 Å². The maximum Gasteiger partial charge on any atom is 0.143 e. The third kappa shape index (κ3) is 5.71. The van der Waals surface area contributed by atoms with Crippen LogP contribution in [0, 0.1) is 5.41 Å². The quantitative estimate of drug-likeness (QED) is 0.359. The molecule has 0 aromatic rings. The van der Waals surface area contributed by atoms with Gasteiger partial charge in [0, 0.05) is 4.11 Å². The molecule has 0 N–H and O–H groups in total. The lowest BCUT2D eigenvalue weighted by molar-refractivity contribution is -0.104. The number of allylic oxidation sites excluding steroid dienone is 10. The molecule has 0 fully saturated rings. The van der Waals surface area contributed by atoms with Crippen LogP contribution < -0.4 is 0 Å². The van der Waals surface area contributed by atoms with E-state index in [9.17, 15) is 4.79 Å². The Morgan fingerprint density at radius 1 is 1.24 bits per heavy atom. The fraction of sp³-hybridized carbons (Fsp3) is 0.450. The average Bonchev–Trinajstić information content (AvgIpc) is 2.43. The van der Waals surface area contributed by atoms with Gasteiger partial charge in [0.25, 0.3) is 0 Å². The third-order valence-electron chi connectivity index (χ3n) is 3.94. The highest BCUT2D eigenvalue weighted by Crippen LogP contribution is 2.40. The van der Waals surface area contributed by atoms with Crippen LogP contribution >= 0.6 is 0 Å². The molecule has 1 heteroatoms. The molecule has 0 unspecified atom stereocenters. The Morgan fingerprint density at radius 3 is 2.62 bits per heavy atom. The van der Waals surface area contributed by atoms with Crippen molar-refractivity contribution in [3.8, 4) is 0 Å². The van der Waals surface area contributed by atoms with Gasteiger partial charge in [-0.05, 0) is 62.6 Å². The summed E-state index contributed by atoms with van der Waals surface area (Å²) in [5.74, 6) is 0. The summed E-state index contributed by atoms with van der Waals surface area (Å²) in [5, 5.41) is 0. The number of hydrogen-bond donors (Lipinski definition) is 0. The number of rotatable bonds is 5. The second-order valence-electron chi connectivity index (χ2n) is 6.29. The molecule has 0 aromatic carbocycles. The second-order valence-corrected chi connectivity index (χ2v) is 6.29. The van der Waals surface area contributed by atoms with Gasteiger partial charge in [0.2, 0.25) is 0 Å². The van der Waals surface area contributed by atoms with E-state index in [0.29, 0.717) is 11.9 Å². The van der Waals surface area contributed by atoms with Gasteiger partial charge >= 0.3 is 0 Å². The monoisotopic (exact) mass is 287 g/mol. The SMILES string of the molecule is [2H]C([2H])([2H])C(/C=C/C1=C(C)CCCC1(C)C)=C\C=C\C(C)=C/C=O. The van der Waals surface area contributed by atoms with E-state index in [1.165, 1.54) is 23.6 Å². The Morgan fingerprint density at radius 2 is 2.00 bits per heavy atom. The molecular formula is C20H28O. The second kappa shape index (κ2) is 7.97. The Balaban J connectivity index is 3.11. The van der Waals surface area contributed by atoms with Gasteiger partial charge in [-0.2, -0.15) is 0 Å². The number of carbonyl (C=O) groups is 1. The first kappa shape index (κ1) is 13.1. The molecule has 0 atom stereocenters. The van der Waals surface area contributed by atoms with Crippen LogP contribution in [0.3, 0.4) is 0 Å². The first-order valence-corrected chi connectivity index (χ1v) is 7.47. The van der Waals surface area contributed by atoms with Crippen LogP contribution in [-0.2, 0) is 4.79 Å². The molecule has 114 valence electrons. The van der Waals surface area contributed by atoms with Crippen molar-refractivity contribution >= 4 is 6.29 Å². The van der Waals surface area contributed by atoms with E-state index in [2.05, 4.69) is 20.8 Å². The van der Waals surface area contributed by atoms with Crippen LogP contribution in [0.4, 0.5) is 0 Å². The van der Waals surface area contributed by atoms with Crippen LogP contribution in [0.25, 0.3) is 0 Å². The van der Waals surface area contributed by atoms with Gasteiger partial charge in [0.05, 0.1) is 0 Å². The lowest BCUT2D eigenvalue weighted by atomic mass is 9.72. The third-order valence-corrected chi connectivity index (χ3v) is 3.94. The first-order chi connectivity index (χ1) is 11.1. The molecule has 1 aliphatic rings. The Labute approximate surface area is 134 Å².